The van der Waals surface area contributed by atoms with E-state index in [0.717, 1.165) is 13.0 Å². The van der Waals surface area contributed by atoms with Crippen LogP contribution in [0.1, 0.15) is 20.3 Å². The van der Waals surface area contributed by atoms with E-state index in [4.69, 9.17) is 15.2 Å². The van der Waals surface area contributed by atoms with Gasteiger partial charge in [-0.2, -0.15) is 0 Å². The lowest BCUT2D eigenvalue weighted by Crippen LogP contribution is -2.48. The monoisotopic (exact) mass is 397 g/mol. The number of benzene rings is 1. The van der Waals surface area contributed by atoms with Crippen molar-refractivity contribution in [3.8, 4) is 5.75 Å². The Morgan fingerprint density at radius 1 is 1.33 bits per heavy atom. The number of hydrogen-bond acceptors (Lipinski definition) is 6. The molecule has 0 radical (unpaired) electrons. The lowest BCUT2D eigenvalue weighted by molar-refractivity contribution is -0.119. The molecule has 3 N–H and O–H groups in total. The van der Waals surface area contributed by atoms with Crippen LogP contribution in [-0.2, 0) is 19.6 Å². The quantitative estimate of drug-likeness (QED) is 0.686. The second kappa shape index (κ2) is 8.14. The van der Waals surface area contributed by atoms with Gasteiger partial charge >= 0.3 is 0 Å². The van der Waals surface area contributed by atoms with Crippen molar-refractivity contribution >= 4 is 15.9 Å². The SMILES string of the molecule is CC(C)[C@@H]1CN2C[C@H](NS(=O)(=O)c3ccc(OCC(N)=O)cc3)C[C@H]2CO1. The standard InChI is InChI=1S/C18H27N3O5S/c1-12(2)17-9-21-8-13(7-14(21)10-26-17)20-27(23,24)16-5-3-15(4-6-16)25-11-18(19)22/h3-6,12-14,17,20H,7-11H2,1-2H3,(H2,19,22)/t13-,14+,17+/m1/s1. The fourth-order valence-electron chi connectivity index (χ4n) is 3.55. The van der Waals surface area contributed by atoms with E-state index in [1.807, 2.05) is 0 Å². The predicted molar refractivity (Wildman–Crippen MR) is 99.8 cm³/mol. The summed E-state index contributed by atoms with van der Waals surface area (Å²) in [5, 5.41) is 0. The van der Waals surface area contributed by atoms with Crippen LogP contribution in [0.3, 0.4) is 0 Å². The van der Waals surface area contributed by atoms with E-state index in [2.05, 4.69) is 23.5 Å². The van der Waals surface area contributed by atoms with E-state index in [-0.39, 0.29) is 29.7 Å². The molecule has 8 nitrogen and oxygen atoms in total. The van der Waals surface area contributed by atoms with E-state index in [1.54, 1.807) is 0 Å². The Kier molecular flexibility index (Phi) is 6.05. The zero-order valence-electron chi connectivity index (χ0n) is 15.6. The molecule has 9 heteroatoms. The molecule has 1 amide bonds. The van der Waals surface area contributed by atoms with Gasteiger partial charge in [0.2, 0.25) is 10.0 Å². The predicted octanol–water partition coefficient (Wildman–Crippen LogP) is 0.327. The van der Waals surface area contributed by atoms with Gasteiger partial charge in [-0.1, -0.05) is 13.8 Å². The summed E-state index contributed by atoms with van der Waals surface area (Å²) in [4.78, 5) is 13.2. The van der Waals surface area contributed by atoms with Crippen molar-refractivity contribution in [3.63, 3.8) is 0 Å². The summed E-state index contributed by atoms with van der Waals surface area (Å²) in [6.07, 6.45) is 0.939. The van der Waals surface area contributed by atoms with Gasteiger partial charge in [0.25, 0.3) is 5.91 Å². The zero-order chi connectivity index (χ0) is 19.6. The first-order chi connectivity index (χ1) is 12.7. The number of nitrogens with one attached hydrogen (secondary N) is 1. The molecule has 0 spiro atoms. The van der Waals surface area contributed by atoms with Crippen molar-refractivity contribution in [2.24, 2.45) is 11.7 Å². The highest BCUT2D eigenvalue weighted by Gasteiger charge is 2.39. The van der Waals surface area contributed by atoms with E-state index < -0.39 is 15.9 Å². The number of hydrogen-bond donors (Lipinski definition) is 2. The lowest BCUT2D eigenvalue weighted by atomic mass is 10.0. The number of nitrogens with two attached hydrogens (primary N) is 1. The molecular weight excluding hydrogens is 370 g/mol. The van der Waals surface area contributed by atoms with Crippen LogP contribution < -0.4 is 15.2 Å². The molecule has 2 fully saturated rings. The molecular formula is C18H27N3O5S. The first-order valence-corrected chi connectivity index (χ1v) is 10.6. The van der Waals surface area contributed by atoms with Gasteiger partial charge in [-0.25, -0.2) is 13.1 Å². The number of primary amides is 1. The Morgan fingerprint density at radius 2 is 2.04 bits per heavy atom. The van der Waals surface area contributed by atoms with Crippen LogP contribution in [0.2, 0.25) is 0 Å². The maximum atomic E-state index is 12.7. The fourth-order valence-corrected chi connectivity index (χ4v) is 4.79. The van der Waals surface area contributed by atoms with E-state index >= 15 is 0 Å². The van der Waals surface area contributed by atoms with Gasteiger partial charge in [-0.05, 0) is 36.6 Å². The fraction of sp³-hybridized carbons (Fsp3) is 0.611. The molecule has 2 heterocycles. The molecule has 1 aromatic rings. The van der Waals surface area contributed by atoms with Gasteiger partial charge in [0, 0.05) is 25.2 Å². The lowest BCUT2D eigenvalue weighted by Gasteiger charge is -2.36. The zero-order valence-corrected chi connectivity index (χ0v) is 16.4. The molecule has 2 aliphatic heterocycles. The first kappa shape index (κ1) is 20.1. The molecule has 3 rings (SSSR count). The van der Waals surface area contributed by atoms with Crippen molar-refractivity contribution in [1.82, 2.24) is 9.62 Å². The minimum Gasteiger partial charge on any atom is -0.484 e. The third kappa shape index (κ3) is 4.98. The first-order valence-electron chi connectivity index (χ1n) is 9.14. The number of morpholine rings is 1. The summed E-state index contributed by atoms with van der Waals surface area (Å²) in [5.41, 5.74) is 5.02. The van der Waals surface area contributed by atoms with Crippen LogP contribution in [-0.4, -0.2) is 63.7 Å². The number of amides is 1. The summed E-state index contributed by atoms with van der Waals surface area (Å²) < 4.78 is 39.2. The Balaban J connectivity index is 1.59. The molecule has 2 saturated heterocycles. The Morgan fingerprint density at radius 3 is 2.67 bits per heavy atom. The highest BCUT2D eigenvalue weighted by atomic mass is 32.2. The normalized spacial score (nSPS) is 26.1. The van der Waals surface area contributed by atoms with Gasteiger partial charge in [0.1, 0.15) is 5.75 Å². The molecule has 0 saturated carbocycles. The number of sulfonamides is 1. The smallest absolute Gasteiger partial charge is 0.255 e. The minimum absolute atomic E-state index is 0.139. The Labute approximate surface area is 160 Å². The van der Waals surface area contributed by atoms with Crippen LogP contribution >= 0.6 is 0 Å². The third-order valence-corrected chi connectivity index (χ3v) is 6.56. The molecule has 3 atom stereocenters. The van der Waals surface area contributed by atoms with Gasteiger partial charge in [-0.3, -0.25) is 9.69 Å². The average Bonchev–Trinajstić information content (AvgIpc) is 3.00. The summed E-state index contributed by atoms with van der Waals surface area (Å²) in [6.45, 7) is 6.20. The molecule has 2 aliphatic rings. The largest absolute Gasteiger partial charge is 0.484 e. The van der Waals surface area contributed by atoms with Gasteiger partial charge in [0.05, 0.1) is 17.6 Å². The summed E-state index contributed by atoms with van der Waals surface area (Å²) in [6, 6.07) is 6.06. The number of carbonyl (C=O) groups is 1. The van der Waals surface area contributed by atoms with Crippen LogP contribution in [0, 0.1) is 5.92 Å². The van der Waals surface area contributed by atoms with E-state index in [0.29, 0.717) is 24.8 Å². The molecule has 0 unspecified atom stereocenters. The Bertz CT molecular complexity index is 766. The van der Waals surface area contributed by atoms with Crippen molar-refractivity contribution in [2.75, 3.05) is 26.3 Å². The van der Waals surface area contributed by atoms with Crippen LogP contribution in [0.4, 0.5) is 0 Å². The summed E-state index contributed by atoms with van der Waals surface area (Å²) in [7, 11) is -3.63. The Hall–Kier alpha value is -1.68. The van der Waals surface area contributed by atoms with E-state index in [1.165, 1.54) is 24.3 Å². The molecule has 27 heavy (non-hydrogen) atoms. The van der Waals surface area contributed by atoms with Crippen molar-refractivity contribution in [3.05, 3.63) is 24.3 Å². The van der Waals surface area contributed by atoms with Gasteiger partial charge < -0.3 is 15.2 Å². The van der Waals surface area contributed by atoms with Crippen LogP contribution in [0.15, 0.2) is 29.2 Å². The second-order valence-corrected chi connectivity index (χ2v) is 9.22. The van der Waals surface area contributed by atoms with Crippen molar-refractivity contribution < 1.29 is 22.7 Å². The molecule has 0 bridgehead atoms. The number of fused-ring (bicyclic) bond motifs is 1. The van der Waals surface area contributed by atoms with Crippen LogP contribution in [0.25, 0.3) is 0 Å². The van der Waals surface area contributed by atoms with Crippen molar-refractivity contribution in [1.29, 1.82) is 0 Å². The topological polar surface area (TPSA) is 111 Å². The summed E-state index contributed by atoms with van der Waals surface area (Å²) >= 11 is 0. The minimum atomic E-state index is -3.63. The molecule has 0 aromatic heterocycles. The number of carbonyl (C=O) groups excluding carboxylic acids is 1. The number of rotatable bonds is 7. The molecule has 1 aromatic carbocycles. The van der Waals surface area contributed by atoms with Gasteiger partial charge in [-0.15, -0.1) is 0 Å². The second-order valence-electron chi connectivity index (χ2n) is 7.50. The molecule has 0 aliphatic carbocycles. The maximum absolute atomic E-state index is 12.7. The summed E-state index contributed by atoms with van der Waals surface area (Å²) in [5.74, 6) is 0.245. The number of ether oxygens (including phenoxy) is 2. The van der Waals surface area contributed by atoms with Crippen molar-refractivity contribution in [2.45, 2.75) is 43.4 Å². The molecule has 150 valence electrons. The number of nitrogens with zero attached hydrogens (tertiary/aromatic N) is 1. The maximum Gasteiger partial charge on any atom is 0.255 e. The third-order valence-electron chi connectivity index (χ3n) is 5.03. The van der Waals surface area contributed by atoms with Crippen LogP contribution in [0.5, 0.6) is 5.75 Å². The average molecular weight is 397 g/mol. The highest BCUT2D eigenvalue weighted by molar-refractivity contribution is 7.89. The van der Waals surface area contributed by atoms with E-state index in [9.17, 15) is 13.2 Å². The highest BCUT2D eigenvalue weighted by Crippen LogP contribution is 2.27. The van der Waals surface area contributed by atoms with Gasteiger partial charge in [0.15, 0.2) is 6.61 Å².